The second-order valence-corrected chi connectivity index (χ2v) is 4.91. The number of hydrogen-bond donors (Lipinski definition) is 1. The van der Waals surface area contributed by atoms with Gasteiger partial charge in [0.05, 0.1) is 5.56 Å². The van der Waals surface area contributed by atoms with Crippen LogP contribution >= 0.6 is 0 Å². The maximum Gasteiger partial charge on any atom is 0.256 e. The molecule has 0 bridgehead atoms. The highest BCUT2D eigenvalue weighted by atomic mass is 19.2. The van der Waals surface area contributed by atoms with Crippen molar-refractivity contribution in [2.24, 2.45) is 0 Å². The molecule has 1 aromatic carbocycles. The molecule has 2 N–H and O–H groups in total. The Hall–Kier alpha value is -1.65. The van der Waals surface area contributed by atoms with Gasteiger partial charge in [0.25, 0.3) is 5.91 Å². The Morgan fingerprint density at radius 2 is 1.53 bits per heavy atom. The highest BCUT2D eigenvalue weighted by Crippen LogP contribution is 2.20. The largest absolute Gasteiger partial charge is 0.398 e. The molecule has 0 radical (unpaired) electrons. The molecule has 0 atom stereocenters. The summed E-state index contributed by atoms with van der Waals surface area (Å²) in [5.41, 5.74) is 5.66. The first-order chi connectivity index (χ1) is 9.09. The van der Waals surface area contributed by atoms with Gasteiger partial charge in [0.2, 0.25) is 0 Å². The van der Waals surface area contributed by atoms with E-state index in [0.29, 0.717) is 13.1 Å². The van der Waals surface area contributed by atoms with Gasteiger partial charge < -0.3 is 10.6 Å². The average Bonchev–Trinajstić information content (AvgIpc) is 2.32. The van der Waals surface area contributed by atoms with Gasteiger partial charge in [-0.3, -0.25) is 4.79 Å². The minimum atomic E-state index is -1.04. The highest BCUT2D eigenvalue weighted by molar-refractivity contribution is 5.99. The van der Waals surface area contributed by atoms with Crippen LogP contribution in [0.3, 0.4) is 0 Å². The summed E-state index contributed by atoms with van der Waals surface area (Å²) in [5.74, 6) is -2.37. The number of likely N-dealkylation sites (tertiary alicyclic amines) is 1. The van der Waals surface area contributed by atoms with Gasteiger partial charge in [0, 0.05) is 24.8 Å². The molecule has 1 fully saturated rings. The Morgan fingerprint density at radius 1 is 1.00 bits per heavy atom. The van der Waals surface area contributed by atoms with Gasteiger partial charge in [-0.25, -0.2) is 8.78 Å². The van der Waals surface area contributed by atoms with Crippen molar-refractivity contribution in [3.05, 3.63) is 29.3 Å². The van der Waals surface area contributed by atoms with E-state index in [9.17, 15) is 13.6 Å². The van der Waals surface area contributed by atoms with E-state index in [4.69, 9.17) is 5.73 Å². The molecule has 0 aliphatic carbocycles. The summed E-state index contributed by atoms with van der Waals surface area (Å²) in [6.45, 7) is 1.30. The van der Waals surface area contributed by atoms with E-state index >= 15 is 0 Å². The van der Waals surface area contributed by atoms with Crippen molar-refractivity contribution in [3.8, 4) is 0 Å². The van der Waals surface area contributed by atoms with Crippen molar-refractivity contribution in [2.75, 3.05) is 18.8 Å². The lowest BCUT2D eigenvalue weighted by Crippen LogP contribution is -2.34. The van der Waals surface area contributed by atoms with Gasteiger partial charge in [-0.2, -0.15) is 0 Å². The van der Waals surface area contributed by atoms with Crippen LogP contribution in [0.15, 0.2) is 12.1 Å². The second kappa shape index (κ2) is 5.99. The number of carbonyl (C=O) groups excluding carboxylic acids is 1. The molecule has 0 spiro atoms. The first kappa shape index (κ1) is 13.8. The number of nitrogen functional groups attached to an aromatic ring is 1. The van der Waals surface area contributed by atoms with E-state index in [2.05, 4.69) is 0 Å². The van der Waals surface area contributed by atoms with E-state index in [0.717, 1.165) is 37.8 Å². The standard InChI is InChI=1S/C14H18F2N2O/c15-11-8-10(13(17)9-12(11)16)14(19)18-6-4-2-1-3-5-7-18/h8-9H,1-7,17H2. The molecule has 1 aliphatic rings. The Morgan fingerprint density at radius 3 is 2.16 bits per heavy atom. The SMILES string of the molecule is Nc1cc(F)c(F)cc1C(=O)N1CCCCCCC1. The molecule has 5 heteroatoms. The Bertz CT molecular complexity index is 469. The number of amides is 1. The number of halogens is 2. The maximum atomic E-state index is 13.2. The summed E-state index contributed by atoms with van der Waals surface area (Å²) in [5, 5.41) is 0. The minimum Gasteiger partial charge on any atom is -0.398 e. The predicted octanol–water partition coefficient (Wildman–Crippen LogP) is 2.95. The third-order valence-electron chi connectivity index (χ3n) is 3.47. The number of rotatable bonds is 1. The van der Waals surface area contributed by atoms with E-state index in [1.54, 1.807) is 4.90 Å². The quantitative estimate of drug-likeness (QED) is 0.796. The first-order valence-electron chi connectivity index (χ1n) is 6.63. The number of nitrogens with zero attached hydrogens (tertiary/aromatic N) is 1. The highest BCUT2D eigenvalue weighted by Gasteiger charge is 2.20. The van der Waals surface area contributed by atoms with Crippen LogP contribution in [0.4, 0.5) is 14.5 Å². The molecule has 19 heavy (non-hydrogen) atoms. The molecule has 2 rings (SSSR count). The van der Waals surface area contributed by atoms with Crippen LogP contribution in [0.1, 0.15) is 42.5 Å². The zero-order valence-corrected chi connectivity index (χ0v) is 10.8. The van der Waals surface area contributed by atoms with Crippen LogP contribution in [-0.2, 0) is 0 Å². The molecule has 0 unspecified atom stereocenters. The lowest BCUT2D eigenvalue weighted by Gasteiger charge is -2.25. The zero-order valence-electron chi connectivity index (χ0n) is 10.8. The molecule has 0 saturated carbocycles. The molecule has 1 aliphatic heterocycles. The maximum absolute atomic E-state index is 13.2. The predicted molar refractivity (Wildman–Crippen MR) is 69.8 cm³/mol. The van der Waals surface area contributed by atoms with Crippen LogP contribution in [0, 0.1) is 11.6 Å². The molecular weight excluding hydrogens is 250 g/mol. The summed E-state index contributed by atoms with van der Waals surface area (Å²) in [6, 6.07) is 1.76. The average molecular weight is 268 g/mol. The molecule has 1 aromatic rings. The number of hydrogen-bond acceptors (Lipinski definition) is 2. The molecule has 1 heterocycles. The lowest BCUT2D eigenvalue weighted by atomic mass is 10.1. The normalized spacial score (nSPS) is 16.8. The van der Waals surface area contributed by atoms with Gasteiger partial charge in [-0.1, -0.05) is 19.3 Å². The number of carbonyl (C=O) groups is 1. The molecular formula is C14H18F2N2O. The molecule has 1 amide bonds. The zero-order chi connectivity index (χ0) is 13.8. The molecule has 0 aromatic heterocycles. The van der Waals surface area contributed by atoms with Gasteiger partial charge in [0.1, 0.15) is 0 Å². The van der Waals surface area contributed by atoms with E-state index in [-0.39, 0.29) is 17.2 Å². The van der Waals surface area contributed by atoms with Crippen molar-refractivity contribution in [1.29, 1.82) is 0 Å². The number of benzene rings is 1. The topological polar surface area (TPSA) is 46.3 Å². The minimum absolute atomic E-state index is 0.00837. The smallest absolute Gasteiger partial charge is 0.256 e. The second-order valence-electron chi connectivity index (χ2n) is 4.91. The Balaban J connectivity index is 2.20. The van der Waals surface area contributed by atoms with Crippen LogP contribution in [0.2, 0.25) is 0 Å². The van der Waals surface area contributed by atoms with Crippen molar-refractivity contribution in [1.82, 2.24) is 4.90 Å². The summed E-state index contributed by atoms with van der Waals surface area (Å²) < 4.78 is 26.2. The number of nitrogens with two attached hydrogens (primary N) is 1. The van der Waals surface area contributed by atoms with E-state index in [1.807, 2.05) is 0 Å². The van der Waals surface area contributed by atoms with Crippen LogP contribution in [-0.4, -0.2) is 23.9 Å². The summed E-state index contributed by atoms with van der Waals surface area (Å²) in [6.07, 6.45) is 5.26. The molecule has 1 saturated heterocycles. The van der Waals surface area contributed by atoms with Gasteiger partial charge in [0.15, 0.2) is 11.6 Å². The fourth-order valence-electron chi connectivity index (χ4n) is 2.37. The third kappa shape index (κ3) is 3.22. The monoisotopic (exact) mass is 268 g/mol. The fraction of sp³-hybridized carbons (Fsp3) is 0.500. The third-order valence-corrected chi connectivity index (χ3v) is 3.47. The van der Waals surface area contributed by atoms with Crippen molar-refractivity contribution >= 4 is 11.6 Å². The van der Waals surface area contributed by atoms with Gasteiger partial charge in [-0.15, -0.1) is 0 Å². The Labute approximate surface area is 111 Å². The van der Waals surface area contributed by atoms with E-state index in [1.165, 1.54) is 6.42 Å². The van der Waals surface area contributed by atoms with Crippen molar-refractivity contribution in [2.45, 2.75) is 32.1 Å². The molecule has 3 nitrogen and oxygen atoms in total. The first-order valence-corrected chi connectivity index (χ1v) is 6.63. The van der Waals surface area contributed by atoms with Crippen molar-refractivity contribution < 1.29 is 13.6 Å². The van der Waals surface area contributed by atoms with Crippen molar-refractivity contribution in [3.63, 3.8) is 0 Å². The summed E-state index contributed by atoms with van der Waals surface area (Å²) in [7, 11) is 0. The fourth-order valence-corrected chi connectivity index (χ4v) is 2.37. The van der Waals surface area contributed by atoms with Crippen LogP contribution in [0.5, 0.6) is 0 Å². The summed E-state index contributed by atoms with van der Waals surface area (Å²) in [4.78, 5) is 14.0. The van der Waals surface area contributed by atoms with Gasteiger partial charge in [-0.05, 0) is 18.9 Å². The molecule has 104 valence electrons. The number of anilines is 1. The van der Waals surface area contributed by atoms with Crippen LogP contribution in [0.25, 0.3) is 0 Å². The lowest BCUT2D eigenvalue weighted by molar-refractivity contribution is 0.0743. The van der Waals surface area contributed by atoms with E-state index < -0.39 is 11.6 Å². The van der Waals surface area contributed by atoms with Gasteiger partial charge >= 0.3 is 0 Å². The Kier molecular flexibility index (Phi) is 4.35. The van der Waals surface area contributed by atoms with Crippen LogP contribution < -0.4 is 5.73 Å². The summed E-state index contributed by atoms with van der Waals surface area (Å²) >= 11 is 0.